The van der Waals surface area contributed by atoms with Crippen LogP contribution in [-0.4, -0.2) is 43.2 Å². The third-order valence-corrected chi connectivity index (χ3v) is 4.81. The number of hydrogen-bond donors (Lipinski definition) is 2. The van der Waals surface area contributed by atoms with Crippen LogP contribution >= 0.6 is 0 Å². The van der Waals surface area contributed by atoms with E-state index in [-0.39, 0.29) is 9.96 Å². The van der Waals surface area contributed by atoms with Crippen molar-refractivity contribution in [2.45, 2.75) is 37.1 Å². The first kappa shape index (κ1) is 17.4. The lowest BCUT2D eigenvalue weighted by molar-refractivity contribution is -0.171. The quantitative estimate of drug-likeness (QED) is 0.427. The lowest BCUT2D eigenvalue weighted by atomic mass is 10.3. The minimum absolute atomic E-state index is 0.0584. The number of nitrogens with one attached hydrogen (secondary N) is 1. The first-order valence-corrected chi connectivity index (χ1v) is 8.64. The molecule has 1 fully saturated rings. The molecule has 1 aliphatic rings. The van der Waals surface area contributed by atoms with Crippen molar-refractivity contribution in [2.75, 3.05) is 6.61 Å². The Morgan fingerprint density at radius 1 is 1.30 bits per heavy atom. The Morgan fingerprint density at radius 2 is 1.96 bits per heavy atom. The van der Waals surface area contributed by atoms with E-state index in [1.54, 1.807) is 0 Å². The summed E-state index contributed by atoms with van der Waals surface area (Å²) in [4.78, 5) is 22.7. The standard InChI is InChI=1S/C14H18N2O6S/c1-2-3-8-22-10-4-6-11(7-5-10)23(20,21)15-12-9-13(17)16(19)14(12)18/h4-7,12,15,19H,2-3,8-9H2,1H3/t12-/m0/s1. The van der Waals surface area contributed by atoms with E-state index in [9.17, 15) is 18.0 Å². The molecular weight excluding hydrogens is 324 g/mol. The van der Waals surface area contributed by atoms with E-state index in [0.29, 0.717) is 12.4 Å². The lowest BCUT2D eigenvalue weighted by Gasteiger charge is -2.11. The summed E-state index contributed by atoms with van der Waals surface area (Å²) in [7, 11) is -3.98. The molecule has 0 aliphatic carbocycles. The number of nitrogens with zero attached hydrogens (tertiary/aromatic N) is 1. The number of benzene rings is 1. The van der Waals surface area contributed by atoms with Crippen molar-refractivity contribution >= 4 is 21.8 Å². The molecule has 1 saturated heterocycles. The summed E-state index contributed by atoms with van der Waals surface area (Å²) in [6.07, 6.45) is 1.48. The fourth-order valence-electron chi connectivity index (χ4n) is 2.02. The average molecular weight is 342 g/mol. The summed E-state index contributed by atoms with van der Waals surface area (Å²) in [6, 6.07) is 4.44. The van der Waals surface area contributed by atoms with Crippen molar-refractivity contribution in [3.05, 3.63) is 24.3 Å². The average Bonchev–Trinajstić information content (AvgIpc) is 2.75. The molecule has 2 rings (SSSR count). The van der Waals surface area contributed by atoms with Crippen LogP contribution in [0.4, 0.5) is 0 Å². The van der Waals surface area contributed by atoms with Crippen molar-refractivity contribution in [1.29, 1.82) is 0 Å². The Bertz CT molecular complexity index is 686. The van der Waals surface area contributed by atoms with Gasteiger partial charge in [-0.05, 0) is 30.7 Å². The molecule has 0 unspecified atom stereocenters. The molecule has 9 heteroatoms. The molecule has 0 aromatic heterocycles. The molecule has 0 saturated carbocycles. The number of carbonyl (C=O) groups excluding carboxylic acids is 2. The van der Waals surface area contributed by atoms with Gasteiger partial charge in [-0.2, -0.15) is 9.79 Å². The first-order chi connectivity index (χ1) is 10.8. The maximum absolute atomic E-state index is 12.2. The Kier molecular flexibility index (Phi) is 5.34. The summed E-state index contributed by atoms with van der Waals surface area (Å²) >= 11 is 0. The van der Waals surface area contributed by atoms with Crippen molar-refractivity contribution in [2.24, 2.45) is 0 Å². The number of hydroxylamine groups is 2. The zero-order chi connectivity index (χ0) is 17.0. The number of imide groups is 1. The molecular formula is C14H18N2O6S. The van der Waals surface area contributed by atoms with Gasteiger partial charge in [-0.25, -0.2) is 8.42 Å². The van der Waals surface area contributed by atoms with Crippen LogP contribution in [0.3, 0.4) is 0 Å². The zero-order valence-corrected chi connectivity index (χ0v) is 13.4. The van der Waals surface area contributed by atoms with Crippen LogP contribution in [-0.2, 0) is 19.6 Å². The molecule has 1 aromatic carbocycles. The van der Waals surface area contributed by atoms with Crippen LogP contribution in [0.25, 0.3) is 0 Å². The van der Waals surface area contributed by atoms with Gasteiger partial charge in [0.2, 0.25) is 10.0 Å². The predicted octanol–water partition coefficient (Wildman–Crippen LogP) is 0.660. The van der Waals surface area contributed by atoms with Gasteiger partial charge >= 0.3 is 0 Å². The number of hydrogen-bond acceptors (Lipinski definition) is 6. The normalized spacial score (nSPS) is 18.5. The van der Waals surface area contributed by atoms with E-state index < -0.39 is 34.3 Å². The van der Waals surface area contributed by atoms with E-state index in [0.717, 1.165) is 12.8 Å². The van der Waals surface area contributed by atoms with E-state index in [2.05, 4.69) is 4.72 Å². The zero-order valence-electron chi connectivity index (χ0n) is 12.6. The van der Waals surface area contributed by atoms with Gasteiger partial charge in [0, 0.05) is 0 Å². The SMILES string of the molecule is CCCCOc1ccc(S(=O)(=O)N[C@H]2CC(=O)N(O)C2=O)cc1. The van der Waals surface area contributed by atoms with E-state index in [1.807, 2.05) is 6.92 Å². The van der Waals surface area contributed by atoms with E-state index >= 15 is 0 Å². The summed E-state index contributed by atoms with van der Waals surface area (Å²) < 4.78 is 32.0. The maximum atomic E-state index is 12.2. The summed E-state index contributed by atoms with van der Waals surface area (Å²) in [5, 5.41) is 9.05. The second-order valence-corrected chi connectivity index (χ2v) is 6.81. The summed E-state index contributed by atoms with van der Waals surface area (Å²) in [6.45, 7) is 2.58. The summed E-state index contributed by atoms with van der Waals surface area (Å²) in [5.74, 6) is -1.29. The minimum atomic E-state index is -3.98. The van der Waals surface area contributed by atoms with Crippen molar-refractivity contribution in [3.63, 3.8) is 0 Å². The fourth-order valence-corrected chi connectivity index (χ4v) is 3.20. The highest BCUT2D eigenvalue weighted by Crippen LogP contribution is 2.18. The van der Waals surface area contributed by atoms with E-state index in [1.165, 1.54) is 24.3 Å². The smallest absolute Gasteiger partial charge is 0.271 e. The van der Waals surface area contributed by atoms with Gasteiger partial charge in [0.15, 0.2) is 0 Å². The Balaban J connectivity index is 2.05. The maximum Gasteiger partial charge on any atom is 0.271 e. The van der Waals surface area contributed by atoms with Crippen LogP contribution < -0.4 is 9.46 Å². The third-order valence-electron chi connectivity index (χ3n) is 3.32. The molecule has 1 heterocycles. The largest absolute Gasteiger partial charge is 0.494 e. The summed E-state index contributed by atoms with van der Waals surface area (Å²) in [5.41, 5.74) is 0. The molecule has 1 atom stereocenters. The number of unbranched alkanes of at least 4 members (excludes halogenated alkanes) is 1. The molecule has 8 nitrogen and oxygen atoms in total. The van der Waals surface area contributed by atoms with Gasteiger partial charge in [-0.3, -0.25) is 14.8 Å². The minimum Gasteiger partial charge on any atom is -0.494 e. The molecule has 1 aromatic rings. The molecule has 23 heavy (non-hydrogen) atoms. The van der Waals surface area contributed by atoms with Crippen LogP contribution in [0.2, 0.25) is 0 Å². The van der Waals surface area contributed by atoms with Gasteiger partial charge in [0.05, 0.1) is 17.9 Å². The number of ether oxygens (including phenoxy) is 1. The Labute approximate surface area is 134 Å². The van der Waals surface area contributed by atoms with Crippen molar-refractivity contribution in [3.8, 4) is 5.75 Å². The fraction of sp³-hybridized carbons (Fsp3) is 0.429. The van der Waals surface area contributed by atoms with Crippen molar-refractivity contribution in [1.82, 2.24) is 9.79 Å². The van der Waals surface area contributed by atoms with Crippen molar-refractivity contribution < 1.29 is 28.0 Å². The molecule has 0 bridgehead atoms. The van der Waals surface area contributed by atoms with Crippen LogP contribution in [0.15, 0.2) is 29.2 Å². The predicted molar refractivity (Wildman–Crippen MR) is 79.2 cm³/mol. The Hall–Kier alpha value is -1.97. The van der Waals surface area contributed by atoms with Gasteiger partial charge in [-0.15, -0.1) is 0 Å². The lowest BCUT2D eigenvalue weighted by Crippen LogP contribution is -2.40. The number of sulfonamides is 1. The topological polar surface area (TPSA) is 113 Å². The van der Waals surface area contributed by atoms with Crippen LogP contribution in [0.5, 0.6) is 5.75 Å². The number of rotatable bonds is 7. The monoisotopic (exact) mass is 342 g/mol. The first-order valence-electron chi connectivity index (χ1n) is 7.16. The third kappa shape index (κ3) is 4.06. The number of amides is 2. The molecule has 2 N–H and O–H groups in total. The van der Waals surface area contributed by atoms with E-state index in [4.69, 9.17) is 9.94 Å². The second-order valence-electron chi connectivity index (χ2n) is 5.10. The van der Waals surface area contributed by atoms with Gasteiger partial charge in [0.1, 0.15) is 11.8 Å². The highest BCUT2D eigenvalue weighted by molar-refractivity contribution is 7.89. The number of carbonyl (C=O) groups is 2. The molecule has 126 valence electrons. The highest BCUT2D eigenvalue weighted by Gasteiger charge is 2.40. The van der Waals surface area contributed by atoms with Gasteiger partial charge < -0.3 is 4.74 Å². The van der Waals surface area contributed by atoms with Gasteiger partial charge in [0.25, 0.3) is 11.8 Å². The molecule has 2 amide bonds. The highest BCUT2D eigenvalue weighted by atomic mass is 32.2. The second kappa shape index (κ2) is 7.07. The Morgan fingerprint density at radius 3 is 2.48 bits per heavy atom. The van der Waals surface area contributed by atoms with Gasteiger partial charge in [-0.1, -0.05) is 13.3 Å². The molecule has 0 spiro atoms. The van der Waals surface area contributed by atoms with Crippen LogP contribution in [0.1, 0.15) is 26.2 Å². The van der Waals surface area contributed by atoms with Crippen LogP contribution in [0, 0.1) is 0 Å². The molecule has 0 radical (unpaired) electrons. The molecule has 1 aliphatic heterocycles.